The number of nitrogens with one attached hydrogen (secondary N) is 2. The Kier molecular flexibility index (Phi) is 9.31. The zero-order valence-corrected chi connectivity index (χ0v) is 22.5. The lowest BCUT2D eigenvalue weighted by molar-refractivity contribution is -0.120. The van der Waals surface area contributed by atoms with E-state index in [9.17, 15) is 18.0 Å². The van der Waals surface area contributed by atoms with E-state index in [1.165, 1.54) is 4.31 Å². The third-order valence-corrected chi connectivity index (χ3v) is 8.86. The van der Waals surface area contributed by atoms with Crippen LogP contribution in [0, 0.1) is 5.92 Å². The Morgan fingerprint density at radius 1 is 0.947 bits per heavy atom. The molecule has 1 fully saturated rings. The number of benzene rings is 3. The van der Waals surface area contributed by atoms with Crippen molar-refractivity contribution in [2.24, 2.45) is 5.92 Å². The van der Waals surface area contributed by atoms with Gasteiger partial charge in [-0.15, -0.1) is 0 Å². The van der Waals surface area contributed by atoms with Crippen LogP contribution in [0.5, 0.6) is 0 Å². The minimum Gasteiger partial charge on any atom is -0.345 e. The third-order valence-electron chi connectivity index (χ3n) is 6.94. The fraction of sp³-hybridized carbons (Fsp3) is 0.333. The van der Waals surface area contributed by atoms with Gasteiger partial charge < -0.3 is 10.6 Å². The highest BCUT2D eigenvalue weighted by atomic mass is 32.2. The second-order valence-electron chi connectivity index (χ2n) is 9.74. The van der Waals surface area contributed by atoms with E-state index in [1.54, 1.807) is 24.3 Å². The molecule has 3 aromatic carbocycles. The molecule has 1 heterocycles. The summed E-state index contributed by atoms with van der Waals surface area (Å²) in [5, 5.41) is 5.88. The topological polar surface area (TPSA) is 95.6 Å². The summed E-state index contributed by atoms with van der Waals surface area (Å²) in [6, 6.07) is 26.2. The molecule has 1 aliphatic heterocycles. The van der Waals surface area contributed by atoms with Crippen molar-refractivity contribution in [3.8, 4) is 0 Å². The Hall–Kier alpha value is -3.49. The van der Waals surface area contributed by atoms with Crippen LogP contribution in [0.3, 0.4) is 0 Å². The molecule has 2 amide bonds. The minimum absolute atomic E-state index is 0.0544. The predicted molar refractivity (Wildman–Crippen MR) is 150 cm³/mol. The molecule has 2 atom stereocenters. The first-order chi connectivity index (χ1) is 18.3. The molecule has 200 valence electrons. The van der Waals surface area contributed by atoms with E-state index in [1.807, 2.05) is 67.6 Å². The summed E-state index contributed by atoms with van der Waals surface area (Å²) in [4.78, 5) is 26.2. The molecule has 0 spiro atoms. The fourth-order valence-corrected chi connectivity index (χ4v) is 6.35. The summed E-state index contributed by atoms with van der Waals surface area (Å²) in [7, 11) is -3.47. The smallest absolute Gasteiger partial charge is 0.253 e. The van der Waals surface area contributed by atoms with Gasteiger partial charge in [-0.2, -0.15) is 0 Å². The van der Waals surface area contributed by atoms with Gasteiger partial charge in [-0.25, -0.2) is 12.7 Å². The number of para-hydroxylation sites is 1. The number of rotatable bonds is 10. The van der Waals surface area contributed by atoms with Crippen LogP contribution in [0.1, 0.15) is 53.7 Å². The number of anilines is 1. The van der Waals surface area contributed by atoms with E-state index in [2.05, 4.69) is 10.6 Å². The van der Waals surface area contributed by atoms with Crippen LogP contribution in [-0.4, -0.2) is 43.4 Å². The molecule has 1 saturated heterocycles. The Labute approximate surface area is 225 Å². The maximum absolute atomic E-state index is 13.2. The van der Waals surface area contributed by atoms with Crippen LogP contribution in [0.15, 0.2) is 84.9 Å². The second-order valence-corrected chi connectivity index (χ2v) is 11.8. The van der Waals surface area contributed by atoms with Crippen molar-refractivity contribution in [1.29, 1.82) is 0 Å². The maximum atomic E-state index is 13.2. The Balaban J connectivity index is 1.36. The molecule has 7 nitrogen and oxygen atoms in total. The molecule has 0 aromatic heterocycles. The van der Waals surface area contributed by atoms with Crippen LogP contribution >= 0.6 is 0 Å². The normalized spacial score (nSPS) is 16.9. The number of piperidine rings is 1. The number of carbonyl (C=O) groups is 2. The largest absolute Gasteiger partial charge is 0.345 e. The van der Waals surface area contributed by atoms with E-state index in [4.69, 9.17) is 0 Å². The summed E-state index contributed by atoms with van der Waals surface area (Å²) in [5.74, 6) is -0.986. The highest BCUT2D eigenvalue weighted by Crippen LogP contribution is 2.24. The summed E-state index contributed by atoms with van der Waals surface area (Å²) >= 11 is 0. The average Bonchev–Trinajstić information content (AvgIpc) is 2.94. The Bertz CT molecular complexity index is 1330. The summed E-state index contributed by atoms with van der Waals surface area (Å²) in [6.07, 6.45) is 2.44. The van der Waals surface area contributed by atoms with Crippen molar-refractivity contribution >= 4 is 27.5 Å². The number of sulfonamides is 1. The van der Waals surface area contributed by atoms with E-state index >= 15 is 0 Å². The van der Waals surface area contributed by atoms with Gasteiger partial charge in [0, 0.05) is 13.1 Å². The molecule has 0 saturated carbocycles. The van der Waals surface area contributed by atoms with Crippen molar-refractivity contribution in [2.75, 3.05) is 24.2 Å². The van der Waals surface area contributed by atoms with Gasteiger partial charge in [0.25, 0.3) is 5.91 Å². The van der Waals surface area contributed by atoms with Gasteiger partial charge in [0.15, 0.2) is 0 Å². The lowest BCUT2D eigenvalue weighted by Gasteiger charge is -2.31. The first-order valence-electron chi connectivity index (χ1n) is 13.1. The standard InChI is InChI=1S/C30H35N3O4S/c1-23(25-15-6-3-7-16-25)31-30(35)27-18-8-9-19-28(27)32-29(34)26-17-10-20-33(22-26)38(36,37)21-11-14-24-12-4-2-5-13-24/h2-9,12-13,15-16,18-19,23,26H,10-11,14,17,20-22H2,1H3,(H,31,35)(H,32,34). The predicted octanol–water partition coefficient (Wildman–Crippen LogP) is 4.79. The van der Waals surface area contributed by atoms with Crippen LogP contribution in [0.4, 0.5) is 5.69 Å². The lowest BCUT2D eigenvalue weighted by Crippen LogP contribution is -2.44. The van der Waals surface area contributed by atoms with E-state index in [0.717, 1.165) is 11.1 Å². The van der Waals surface area contributed by atoms with E-state index < -0.39 is 15.9 Å². The van der Waals surface area contributed by atoms with Gasteiger partial charge in [0.1, 0.15) is 0 Å². The number of hydrogen-bond acceptors (Lipinski definition) is 4. The molecule has 1 aliphatic rings. The summed E-state index contributed by atoms with van der Waals surface area (Å²) < 4.78 is 27.5. The van der Waals surface area contributed by atoms with Gasteiger partial charge in [-0.05, 0) is 55.9 Å². The van der Waals surface area contributed by atoms with E-state index in [0.29, 0.717) is 43.5 Å². The zero-order chi connectivity index (χ0) is 27.0. The number of amides is 2. The summed E-state index contributed by atoms with van der Waals surface area (Å²) in [5.41, 5.74) is 2.87. The first-order valence-corrected chi connectivity index (χ1v) is 14.7. The highest BCUT2D eigenvalue weighted by molar-refractivity contribution is 7.89. The van der Waals surface area contributed by atoms with Crippen LogP contribution in [0.2, 0.25) is 0 Å². The molecule has 38 heavy (non-hydrogen) atoms. The van der Waals surface area contributed by atoms with Crippen molar-refractivity contribution in [3.05, 3.63) is 102 Å². The summed E-state index contributed by atoms with van der Waals surface area (Å²) in [6.45, 7) is 2.48. The van der Waals surface area contributed by atoms with Gasteiger partial charge in [-0.3, -0.25) is 9.59 Å². The Morgan fingerprint density at radius 2 is 1.61 bits per heavy atom. The first kappa shape index (κ1) is 27.5. The number of carbonyl (C=O) groups excluding carboxylic acids is 2. The molecular weight excluding hydrogens is 498 g/mol. The lowest BCUT2D eigenvalue weighted by atomic mass is 9.98. The van der Waals surface area contributed by atoms with Gasteiger partial charge in [0.2, 0.25) is 15.9 Å². The van der Waals surface area contributed by atoms with Crippen molar-refractivity contribution < 1.29 is 18.0 Å². The van der Waals surface area contributed by atoms with Crippen molar-refractivity contribution in [1.82, 2.24) is 9.62 Å². The molecule has 0 aliphatic carbocycles. The van der Waals surface area contributed by atoms with Crippen molar-refractivity contribution in [3.63, 3.8) is 0 Å². The monoisotopic (exact) mass is 533 g/mol. The SMILES string of the molecule is CC(NC(=O)c1ccccc1NC(=O)C1CCCN(S(=O)(=O)CCCc2ccccc2)C1)c1ccccc1. The zero-order valence-electron chi connectivity index (χ0n) is 21.7. The van der Waals surface area contributed by atoms with Crippen LogP contribution in [-0.2, 0) is 21.2 Å². The molecule has 8 heteroatoms. The molecule has 0 radical (unpaired) electrons. The Morgan fingerprint density at radius 3 is 2.34 bits per heavy atom. The molecule has 0 bridgehead atoms. The number of hydrogen-bond donors (Lipinski definition) is 2. The van der Waals surface area contributed by atoms with E-state index in [-0.39, 0.29) is 30.2 Å². The fourth-order valence-electron chi connectivity index (χ4n) is 4.77. The number of nitrogens with zero attached hydrogens (tertiary/aromatic N) is 1. The van der Waals surface area contributed by atoms with Crippen LogP contribution < -0.4 is 10.6 Å². The molecule has 3 aromatic rings. The minimum atomic E-state index is -3.47. The third kappa shape index (κ3) is 7.30. The molecule has 2 N–H and O–H groups in total. The quantitative estimate of drug-likeness (QED) is 0.392. The second kappa shape index (κ2) is 12.8. The highest BCUT2D eigenvalue weighted by Gasteiger charge is 2.32. The molecular formula is C30H35N3O4S. The molecule has 4 rings (SSSR count). The van der Waals surface area contributed by atoms with Gasteiger partial charge >= 0.3 is 0 Å². The number of aryl methyl sites for hydroxylation is 1. The average molecular weight is 534 g/mol. The maximum Gasteiger partial charge on any atom is 0.253 e. The molecule has 2 unspecified atom stereocenters. The van der Waals surface area contributed by atoms with Gasteiger partial charge in [-0.1, -0.05) is 72.8 Å². The van der Waals surface area contributed by atoms with Crippen LogP contribution in [0.25, 0.3) is 0 Å². The van der Waals surface area contributed by atoms with Crippen molar-refractivity contribution in [2.45, 2.75) is 38.6 Å². The van der Waals surface area contributed by atoms with Gasteiger partial charge in [0.05, 0.1) is 29.0 Å².